The van der Waals surface area contributed by atoms with E-state index < -0.39 is 68.9 Å². The monoisotopic (exact) mass is 995 g/mol. The highest BCUT2D eigenvalue weighted by atomic mass is 32.2. The van der Waals surface area contributed by atoms with Crippen LogP contribution in [0.4, 0.5) is 36.3 Å². The highest BCUT2D eigenvalue weighted by molar-refractivity contribution is 7.92. The SMILES string of the molecule is CCS(=O)(=O)Nc1cccc(CNc2nc(Nc3ccc(OCCCOCC(=O)N[C@H](C(=O)N4C[C@H](O)C[C@H]4C(=O)NCc4ccc(-c5scnc5C)cc4)C(C)(C)C)cc3)ncc2C(F)(F)F)c1. The number of nitrogens with one attached hydrogen (secondary N) is 5. The molecule has 1 aliphatic heterocycles. The van der Waals surface area contributed by atoms with Crippen LogP contribution in [-0.2, 0) is 48.4 Å². The second-order valence-corrected chi connectivity index (χ2v) is 20.2. The van der Waals surface area contributed by atoms with Gasteiger partial charge in [0.1, 0.15) is 35.8 Å². The van der Waals surface area contributed by atoms with Crippen molar-refractivity contribution in [2.45, 2.75) is 84.9 Å². The van der Waals surface area contributed by atoms with Gasteiger partial charge in [-0.1, -0.05) is 57.2 Å². The van der Waals surface area contributed by atoms with Crippen LogP contribution in [0.2, 0.25) is 0 Å². The molecule has 5 aromatic rings. The summed E-state index contributed by atoms with van der Waals surface area (Å²) in [4.78, 5) is 55.1. The zero-order valence-corrected chi connectivity index (χ0v) is 40.4. The summed E-state index contributed by atoms with van der Waals surface area (Å²) in [6.45, 7) is 8.92. The Labute approximate surface area is 402 Å². The Balaban J connectivity index is 0.936. The second-order valence-electron chi connectivity index (χ2n) is 17.4. The van der Waals surface area contributed by atoms with E-state index in [0.29, 0.717) is 29.6 Å². The number of benzene rings is 3. The highest BCUT2D eigenvalue weighted by Crippen LogP contribution is 2.35. The number of carbonyl (C=O) groups excluding carboxylic acids is 3. The first-order chi connectivity index (χ1) is 32.7. The van der Waals surface area contributed by atoms with Crippen LogP contribution in [-0.4, -0.2) is 101 Å². The van der Waals surface area contributed by atoms with Gasteiger partial charge in [-0.15, -0.1) is 11.3 Å². The van der Waals surface area contributed by atoms with E-state index in [1.54, 1.807) is 74.0 Å². The van der Waals surface area contributed by atoms with E-state index in [0.717, 1.165) is 21.7 Å². The fourth-order valence-electron chi connectivity index (χ4n) is 7.23. The molecule has 0 unspecified atom stereocenters. The highest BCUT2D eigenvalue weighted by Gasteiger charge is 2.44. The number of thiazole rings is 1. The minimum absolute atomic E-state index is 0.0567. The summed E-state index contributed by atoms with van der Waals surface area (Å²) in [6.07, 6.45) is -4.53. The topological polar surface area (TPSA) is 226 Å². The van der Waals surface area contributed by atoms with Crippen LogP contribution in [0, 0.1) is 12.3 Å². The predicted molar refractivity (Wildman–Crippen MR) is 256 cm³/mol. The molecular formula is C47H56F3N9O8S2. The first-order valence-corrected chi connectivity index (χ1v) is 24.6. The fraction of sp³-hybridized carbons (Fsp3) is 0.404. The number of halogens is 3. The largest absolute Gasteiger partial charge is 0.494 e. The molecule has 3 atom stereocenters. The molecule has 0 radical (unpaired) electrons. The van der Waals surface area contributed by atoms with Gasteiger partial charge >= 0.3 is 6.18 Å². The third-order valence-corrected chi connectivity index (χ3v) is 13.2. The lowest BCUT2D eigenvalue weighted by atomic mass is 9.85. The average molecular weight is 996 g/mol. The van der Waals surface area contributed by atoms with Crippen molar-refractivity contribution in [2.75, 3.05) is 47.5 Å². The summed E-state index contributed by atoms with van der Waals surface area (Å²) in [5.74, 6) is -1.67. The van der Waals surface area contributed by atoms with Gasteiger partial charge in [0.25, 0.3) is 0 Å². The normalized spacial score (nSPS) is 15.6. The maximum Gasteiger partial charge on any atom is 0.421 e. The number of ether oxygens (including phenoxy) is 2. The molecule has 17 nitrogen and oxygen atoms in total. The number of aliphatic hydroxyl groups excluding tert-OH is 1. The maximum atomic E-state index is 14.0. The van der Waals surface area contributed by atoms with Crippen LogP contribution in [0.25, 0.3) is 10.4 Å². The molecule has 3 amide bonds. The van der Waals surface area contributed by atoms with Crippen LogP contribution >= 0.6 is 11.3 Å². The number of likely N-dealkylation sites (tertiary alicyclic amines) is 1. The van der Waals surface area contributed by atoms with Gasteiger partial charge in [-0.3, -0.25) is 19.1 Å². The number of alkyl halides is 3. The number of amides is 3. The van der Waals surface area contributed by atoms with E-state index in [1.165, 1.54) is 24.0 Å². The summed E-state index contributed by atoms with van der Waals surface area (Å²) >= 11 is 1.55. The van der Waals surface area contributed by atoms with Gasteiger partial charge in [0.2, 0.25) is 33.7 Å². The van der Waals surface area contributed by atoms with Gasteiger partial charge in [-0.05, 0) is 72.4 Å². The molecule has 6 N–H and O–H groups in total. The van der Waals surface area contributed by atoms with Gasteiger partial charge in [-0.25, -0.2) is 18.4 Å². The summed E-state index contributed by atoms with van der Waals surface area (Å²) in [5, 5.41) is 21.8. The zero-order valence-electron chi connectivity index (χ0n) is 38.7. The van der Waals surface area contributed by atoms with Crippen LogP contribution < -0.4 is 30.7 Å². The number of aromatic nitrogens is 3. The van der Waals surface area contributed by atoms with E-state index in [4.69, 9.17) is 9.47 Å². The summed E-state index contributed by atoms with van der Waals surface area (Å²) < 4.78 is 79.4. The average Bonchev–Trinajstić information content (AvgIpc) is 3.92. The summed E-state index contributed by atoms with van der Waals surface area (Å²) in [6, 6.07) is 18.6. The molecule has 0 saturated carbocycles. The Morgan fingerprint density at radius 2 is 1.70 bits per heavy atom. The van der Waals surface area contributed by atoms with Gasteiger partial charge in [0.05, 0.1) is 41.2 Å². The first kappa shape index (κ1) is 52.0. The Morgan fingerprint density at radius 3 is 2.36 bits per heavy atom. The number of nitrogens with zero attached hydrogens (tertiary/aromatic N) is 4. The number of rotatable bonds is 21. The molecule has 1 aliphatic rings. The molecule has 69 heavy (non-hydrogen) atoms. The quantitative estimate of drug-likeness (QED) is 0.0425. The number of anilines is 4. The zero-order chi connectivity index (χ0) is 49.9. The molecule has 0 aliphatic carbocycles. The predicted octanol–water partition coefficient (Wildman–Crippen LogP) is 6.64. The van der Waals surface area contributed by atoms with Crippen molar-refractivity contribution in [3.8, 4) is 16.2 Å². The van der Waals surface area contributed by atoms with Crippen LogP contribution in [0.5, 0.6) is 5.75 Å². The minimum atomic E-state index is -4.75. The molecule has 22 heteroatoms. The van der Waals surface area contributed by atoms with E-state index in [1.807, 2.05) is 31.2 Å². The molecule has 0 bridgehead atoms. The Morgan fingerprint density at radius 1 is 0.957 bits per heavy atom. The summed E-state index contributed by atoms with van der Waals surface area (Å²) in [7, 11) is -3.55. The molecular weight excluding hydrogens is 940 g/mol. The van der Waals surface area contributed by atoms with Gasteiger partial charge in [-0.2, -0.15) is 18.2 Å². The Kier molecular flexibility index (Phi) is 17.2. The Bertz CT molecular complexity index is 2660. The fourth-order valence-corrected chi connectivity index (χ4v) is 8.67. The van der Waals surface area contributed by atoms with Gasteiger partial charge in [0.15, 0.2) is 0 Å². The van der Waals surface area contributed by atoms with E-state index in [9.17, 15) is 41.1 Å². The molecule has 6 rings (SSSR count). The van der Waals surface area contributed by atoms with Crippen LogP contribution in [0.3, 0.4) is 0 Å². The molecule has 3 heterocycles. The number of carbonyl (C=O) groups is 3. The van der Waals surface area contributed by atoms with Crippen molar-refractivity contribution in [3.63, 3.8) is 0 Å². The lowest BCUT2D eigenvalue weighted by molar-refractivity contribution is -0.144. The van der Waals surface area contributed by atoms with Crippen molar-refractivity contribution < 1.29 is 50.6 Å². The van der Waals surface area contributed by atoms with Crippen molar-refractivity contribution in [1.82, 2.24) is 30.5 Å². The molecule has 3 aromatic carbocycles. The van der Waals surface area contributed by atoms with Crippen LogP contribution in [0.15, 0.2) is 84.5 Å². The number of aryl methyl sites for hydroxylation is 1. The number of sulfonamides is 1. The van der Waals surface area contributed by atoms with E-state index >= 15 is 0 Å². The molecule has 0 spiro atoms. The van der Waals surface area contributed by atoms with Crippen molar-refractivity contribution in [2.24, 2.45) is 5.41 Å². The molecule has 1 fully saturated rings. The van der Waals surface area contributed by atoms with Gasteiger partial charge in [0, 0.05) is 50.0 Å². The minimum Gasteiger partial charge on any atom is -0.494 e. The van der Waals surface area contributed by atoms with Crippen LogP contribution in [0.1, 0.15) is 62.9 Å². The maximum absolute atomic E-state index is 14.0. The lowest BCUT2D eigenvalue weighted by Gasteiger charge is -2.35. The molecule has 2 aromatic heterocycles. The Hall–Kier alpha value is -6.36. The smallest absolute Gasteiger partial charge is 0.421 e. The number of hydrogen-bond acceptors (Lipinski definition) is 14. The van der Waals surface area contributed by atoms with Crippen molar-refractivity contribution in [1.29, 1.82) is 0 Å². The number of β-amino-alcohol motifs (C(OH)–C–C–N with tert-alkyl or cyclic N) is 1. The lowest BCUT2D eigenvalue weighted by Crippen LogP contribution is -2.58. The number of aliphatic hydroxyl groups is 1. The third kappa shape index (κ3) is 14.8. The van der Waals surface area contributed by atoms with Crippen molar-refractivity contribution >= 4 is 62.2 Å². The number of hydrogen-bond donors (Lipinski definition) is 6. The molecule has 1 saturated heterocycles. The first-order valence-electron chi connectivity index (χ1n) is 22.1. The standard InChI is InChI=1S/C47H56F3N9O8S2/c1-6-69(64,65)58-34-10-7-9-31(21-34)24-51-42-37(47(48,49)50)25-53-45(57-42)55-33-15-17-36(18-16-33)67-20-8-19-66-27-39(61)56-41(46(3,4)5)44(63)59-26-35(60)22-38(59)43(62)52-23-30-11-13-32(14-12-30)40-29(2)54-28-68-40/h7,9-18,21,25,28,35,38,41,58,60H,6,8,19-20,22-24,26-27H2,1-5H3,(H,52,62)(H,56,61)(H2,51,53,55,57)/t35-,38+,41-/m1/s1. The second kappa shape index (κ2) is 22.8. The molecule has 370 valence electrons. The summed E-state index contributed by atoms with van der Waals surface area (Å²) in [5.41, 5.74) is 4.04. The third-order valence-electron chi connectivity index (χ3n) is 10.9. The van der Waals surface area contributed by atoms with E-state index in [2.05, 4.69) is 40.9 Å². The van der Waals surface area contributed by atoms with E-state index in [-0.39, 0.29) is 63.3 Å². The van der Waals surface area contributed by atoms with Crippen molar-refractivity contribution in [3.05, 3.63) is 107 Å². The van der Waals surface area contributed by atoms with Gasteiger partial charge < -0.3 is 40.7 Å².